The van der Waals surface area contributed by atoms with Crippen LogP contribution in [0.4, 0.5) is 0 Å². The number of hydrogen-bond acceptors (Lipinski definition) is 6. The van der Waals surface area contributed by atoms with Gasteiger partial charge in [0.1, 0.15) is 6.10 Å². The van der Waals surface area contributed by atoms with Crippen molar-refractivity contribution in [2.24, 2.45) is 0 Å². The van der Waals surface area contributed by atoms with E-state index >= 15 is 0 Å². The van der Waals surface area contributed by atoms with Gasteiger partial charge in [0.05, 0.1) is 0 Å². The van der Waals surface area contributed by atoms with Crippen molar-refractivity contribution in [3.05, 3.63) is 47.7 Å². The average Bonchev–Trinajstić information content (AvgIpc) is 3.31. The maximum absolute atomic E-state index is 12.4. The molecule has 4 rings (SSSR count). The highest BCUT2D eigenvalue weighted by atomic mass is 32.2. The van der Waals surface area contributed by atoms with E-state index in [1.165, 1.54) is 0 Å². The molecule has 1 aromatic heterocycles. The van der Waals surface area contributed by atoms with Crippen LogP contribution in [-0.4, -0.2) is 35.3 Å². The minimum Gasteiger partial charge on any atom is -0.473 e. The van der Waals surface area contributed by atoms with E-state index in [0.29, 0.717) is 23.7 Å². The van der Waals surface area contributed by atoms with E-state index in [4.69, 9.17) is 14.2 Å². The number of fused-ring (bicyclic) bond motifs is 1. The van der Waals surface area contributed by atoms with E-state index in [9.17, 15) is 4.79 Å². The number of nitrogens with one attached hydrogen (secondary N) is 1. The summed E-state index contributed by atoms with van der Waals surface area (Å²) in [6, 6.07) is 9.01. The topological polar surface area (TPSA) is 69.7 Å². The summed E-state index contributed by atoms with van der Waals surface area (Å²) < 4.78 is 16.5. The summed E-state index contributed by atoms with van der Waals surface area (Å²) in [6.07, 6.45) is 2.81. The van der Waals surface area contributed by atoms with Gasteiger partial charge in [-0.2, -0.15) is 11.8 Å². The van der Waals surface area contributed by atoms with Gasteiger partial charge in [0.25, 0.3) is 5.91 Å². The van der Waals surface area contributed by atoms with Crippen molar-refractivity contribution in [2.45, 2.75) is 19.1 Å². The molecular formula is C18H18N2O4S. The summed E-state index contributed by atoms with van der Waals surface area (Å²) in [4.78, 5) is 16.6. The number of carbonyl (C=O) groups is 1. The molecule has 1 aromatic carbocycles. The van der Waals surface area contributed by atoms with Gasteiger partial charge in [-0.15, -0.1) is 0 Å². The number of nitrogens with zero attached hydrogens (tertiary/aromatic N) is 1. The Balaban J connectivity index is 1.37. The minimum absolute atomic E-state index is 0.161. The van der Waals surface area contributed by atoms with Crippen LogP contribution in [0.2, 0.25) is 0 Å². The predicted molar refractivity (Wildman–Crippen MR) is 94.3 cm³/mol. The van der Waals surface area contributed by atoms with Crippen molar-refractivity contribution < 1.29 is 19.0 Å². The Hall–Kier alpha value is -2.41. The zero-order valence-electron chi connectivity index (χ0n) is 13.6. The van der Waals surface area contributed by atoms with Crippen molar-refractivity contribution >= 4 is 17.7 Å². The fourth-order valence-electron chi connectivity index (χ4n) is 2.73. The normalized spacial score (nSPS) is 18.2. The van der Waals surface area contributed by atoms with Crippen LogP contribution in [0.25, 0.3) is 0 Å². The molecule has 1 N–H and O–H groups in total. The summed E-state index contributed by atoms with van der Waals surface area (Å²) in [5, 5.41) is 2.90. The maximum atomic E-state index is 12.4. The number of carbonyl (C=O) groups excluding carboxylic acids is 1. The number of hydrogen-bond donors (Lipinski definition) is 1. The van der Waals surface area contributed by atoms with Gasteiger partial charge in [-0.25, -0.2) is 4.98 Å². The van der Waals surface area contributed by atoms with Gasteiger partial charge in [-0.3, -0.25) is 4.79 Å². The highest BCUT2D eigenvalue weighted by molar-refractivity contribution is 7.99. The Morgan fingerprint density at radius 3 is 3.08 bits per heavy atom. The van der Waals surface area contributed by atoms with E-state index in [1.54, 1.807) is 18.3 Å². The molecule has 0 spiro atoms. The van der Waals surface area contributed by atoms with E-state index < -0.39 is 0 Å². The van der Waals surface area contributed by atoms with Gasteiger partial charge in [-0.1, -0.05) is 6.07 Å². The highest BCUT2D eigenvalue weighted by Gasteiger charge is 2.18. The third-order valence-corrected chi connectivity index (χ3v) is 5.19. The lowest BCUT2D eigenvalue weighted by Crippen LogP contribution is -2.23. The number of aromatic nitrogens is 1. The first-order chi connectivity index (χ1) is 12.3. The monoisotopic (exact) mass is 358 g/mol. The summed E-state index contributed by atoms with van der Waals surface area (Å²) in [6.45, 7) is 0.650. The molecular weight excluding hydrogens is 340 g/mol. The van der Waals surface area contributed by atoms with Crippen LogP contribution in [-0.2, 0) is 6.54 Å². The largest absolute Gasteiger partial charge is 0.473 e. The van der Waals surface area contributed by atoms with Gasteiger partial charge >= 0.3 is 0 Å². The lowest BCUT2D eigenvalue weighted by atomic mass is 10.2. The lowest BCUT2D eigenvalue weighted by Gasteiger charge is -2.12. The van der Waals surface area contributed by atoms with Gasteiger partial charge < -0.3 is 19.5 Å². The van der Waals surface area contributed by atoms with E-state index in [1.807, 2.05) is 30.0 Å². The Labute approximate surface area is 149 Å². The van der Waals surface area contributed by atoms with Crippen LogP contribution in [0.15, 0.2) is 36.5 Å². The Morgan fingerprint density at radius 2 is 2.20 bits per heavy atom. The molecule has 0 unspecified atom stereocenters. The summed E-state index contributed by atoms with van der Waals surface area (Å²) in [5.41, 5.74) is 1.49. The van der Waals surface area contributed by atoms with Crippen molar-refractivity contribution in [3.8, 4) is 17.4 Å². The molecule has 3 heterocycles. The molecule has 1 atom stereocenters. The summed E-state index contributed by atoms with van der Waals surface area (Å²) in [5.74, 6) is 3.87. The first-order valence-electron chi connectivity index (χ1n) is 8.15. The van der Waals surface area contributed by atoms with Gasteiger partial charge in [0.2, 0.25) is 12.7 Å². The highest BCUT2D eigenvalue weighted by Crippen LogP contribution is 2.32. The third kappa shape index (κ3) is 3.82. The molecule has 1 amide bonds. The fourth-order valence-corrected chi connectivity index (χ4v) is 3.82. The molecule has 0 aliphatic carbocycles. The molecule has 6 nitrogen and oxygen atoms in total. The van der Waals surface area contributed by atoms with Crippen LogP contribution < -0.4 is 19.5 Å². The first kappa shape index (κ1) is 16.1. The molecule has 2 aliphatic heterocycles. The second-order valence-electron chi connectivity index (χ2n) is 5.86. The van der Waals surface area contributed by atoms with Crippen LogP contribution >= 0.6 is 11.8 Å². The maximum Gasteiger partial charge on any atom is 0.251 e. The molecule has 2 aromatic rings. The average molecular weight is 358 g/mol. The Morgan fingerprint density at radius 1 is 1.28 bits per heavy atom. The molecule has 7 heteroatoms. The Kier molecular flexibility index (Phi) is 4.65. The van der Waals surface area contributed by atoms with Crippen molar-refractivity contribution in [3.63, 3.8) is 0 Å². The van der Waals surface area contributed by atoms with E-state index in [0.717, 1.165) is 29.2 Å². The van der Waals surface area contributed by atoms with Crippen molar-refractivity contribution in [1.82, 2.24) is 10.3 Å². The SMILES string of the molecule is O=C(NCc1ccc2c(c1)OCO2)c1ccnc(O[C@H]2CCSC2)c1. The number of ether oxygens (including phenoxy) is 3. The number of amides is 1. The molecule has 0 radical (unpaired) electrons. The van der Waals surface area contributed by atoms with Crippen molar-refractivity contribution in [2.75, 3.05) is 18.3 Å². The molecule has 25 heavy (non-hydrogen) atoms. The van der Waals surface area contributed by atoms with Crippen LogP contribution in [0.1, 0.15) is 22.3 Å². The molecule has 1 saturated heterocycles. The number of rotatable bonds is 5. The van der Waals surface area contributed by atoms with Crippen LogP contribution in [0.5, 0.6) is 17.4 Å². The zero-order chi connectivity index (χ0) is 17.1. The van der Waals surface area contributed by atoms with Gasteiger partial charge in [0.15, 0.2) is 11.5 Å². The molecule has 0 saturated carbocycles. The molecule has 1 fully saturated rings. The molecule has 0 bridgehead atoms. The second kappa shape index (κ2) is 7.23. The molecule has 2 aliphatic rings. The fraction of sp³-hybridized carbons (Fsp3) is 0.333. The number of pyridine rings is 1. The quantitative estimate of drug-likeness (QED) is 0.886. The predicted octanol–water partition coefficient (Wildman–Crippen LogP) is 2.62. The first-order valence-corrected chi connectivity index (χ1v) is 9.30. The number of thioether (sulfide) groups is 1. The second-order valence-corrected chi connectivity index (χ2v) is 7.01. The molecule has 130 valence electrons. The number of benzene rings is 1. The van der Waals surface area contributed by atoms with Crippen LogP contribution in [0, 0.1) is 0 Å². The summed E-state index contributed by atoms with van der Waals surface area (Å²) >= 11 is 1.87. The standard InChI is InChI=1S/C18H18N2O4S/c21-18(20-9-12-1-2-15-16(7-12)23-11-22-15)13-3-5-19-17(8-13)24-14-4-6-25-10-14/h1-3,5,7-8,14H,4,6,9-11H2,(H,20,21)/t14-/m0/s1. The minimum atomic E-state index is -0.161. The smallest absolute Gasteiger partial charge is 0.251 e. The van der Waals surface area contributed by atoms with Gasteiger partial charge in [-0.05, 0) is 35.9 Å². The van der Waals surface area contributed by atoms with Gasteiger partial charge in [0, 0.05) is 30.1 Å². The van der Waals surface area contributed by atoms with E-state index in [2.05, 4.69) is 10.3 Å². The third-order valence-electron chi connectivity index (χ3n) is 4.06. The van der Waals surface area contributed by atoms with E-state index in [-0.39, 0.29) is 18.8 Å². The lowest BCUT2D eigenvalue weighted by molar-refractivity contribution is 0.0949. The zero-order valence-corrected chi connectivity index (χ0v) is 14.4. The van der Waals surface area contributed by atoms with Crippen LogP contribution in [0.3, 0.4) is 0 Å². The summed E-state index contributed by atoms with van der Waals surface area (Å²) in [7, 11) is 0. The Bertz CT molecular complexity index is 777. The van der Waals surface area contributed by atoms with Crippen molar-refractivity contribution in [1.29, 1.82) is 0 Å².